The summed E-state index contributed by atoms with van der Waals surface area (Å²) in [5.74, 6) is -0.184. The number of nitrogens with one attached hydrogen (secondary N) is 2. The highest BCUT2D eigenvalue weighted by Gasteiger charge is 2.39. The smallest absolute Gasteiger partial charge is 0.243 e. The van der Waals surface area contributed by atoms with Crippen LogP contribution in [-0.4, -0.2) is 16.1 Å². The molecule has 0 spiro atoms. The van der Waals surface area contributed by atoms with Gasteiger partial charge in [-0.05, 0) is 30.7 Å². The predicted octanol–water partition coefficient (Wildman–Crippen LogP) is 4.59. The summed E-state index contributed by atoms with van der Waals surface area (Å²) in [7, 11) is 0. The fraction of sp³-hybridized carbons (Fsp3) is 0.190. The number of nitrogens with zero attached hydrogens (tertiary/aromatic N) is 2. The Hall–Kier alpha value is -3.30. The zero-order valence-electron chi connectivity index (χ0n) is 15.1. The number of halogens is 1. The first kappa shape index (κ1) is 18.1. The molecule has 0 saturated carbocycles. The van der Waals surface area contributed by atoms with Crippen molar-refractivity contribution in [3.63, 3.8) is 0 Å². The largest absolute Gasteiger partial charge is 0.489 e. The van der Waals surface area contributed by atoms with Crippen LogP contribution in [0.15, 0.2) is 48.5 Å². The predicted molar refractivity (Wildman–Crippen MR) is 105 cm³/mol. The number of rotatable bonds is 4. The van der Waals surface area contributed by atoms with Crippen molar-refractivity contribution in [2.45, 2.75) is 19.4 Å². The molecule has 1 aliphatic heterocycles. The van der Waals surface area contributed by atoms with Crippen molar-refractivity contribution in [2.75, 3.05) is 0 Å². The summed E-state index contributed by atoms with van der Waals surface area (Å²) in [6, 6.07) is 17.3. The fourth-order valence-electron chi connectivity index (χ4n) is 3.41. The lowest BCUT2D eigenvalue weighted by molar-refractivity contribution is 0.305. The molecule has 2 atom stereocenters. The van der Waals surface area contributed by atoms with Gasteiger partial charge in [-0.15, -0.1) is 5.10 Å². The van der Waals surface area contributed by atoms with E-state index in [1.165, 1.54) is 0 Å². The topological polar surface area (TPSA) is 94.8 Å². The van der Waals surface area contributed by atoms with Crippen LogP contribution < -0.4 is 9.47 Å². The van der Waals surface area contributed by atoms with Crippen molar-refractivity contribution < 1.29 is 9.47 Å². The fourth-order valence-corrected chi connectivity index (χ4v) is 3.60. The van der Waals surface area contributed by atoms with Gasteiger partial charge in [0.05, 0.1) is 6.07 Å². The normalized spacial score (nSPS) is 18.1. The van der Waals surface area contributed by atoms with Crippen molar-refractivity contribution in [2.24, 2.45) is 5.92 Å². The van der Waals surface area contributed by atoms with E-state index in [1.807, 2.05) is 55.5 Å². The van der Waals surface area contributed by atoms with E-state index in [4.69, 9.17) is 26.5 Å². The summed E-state index contributed by atoms with van der Waals surface area (Å²) in [5, 5.41) is 25.4. The molecule has 1 aromatic heterocycles. The van der Waals surface area contributed by atoms with Crippen molar-refractivity contribution in [3.8, 4) is 17.7 Å². The minimum absolute atomic E-state index is 0.103. The lowest BCUT2D eigenvalue weighted by atomic mass is 9.79. The summed E-state index contributed by atoms with van der Waals surface area (Å²) in [5.41, 5.74) is 3.37. The Labute approximate surface area is 167 Å². The first-order valence-corrected chi connectivity index (χ1v) is 9.13. The van der Waals surface area contributed by atoms with Crippen molar-refractivity contribution >= 4 is 17.5 Å². The van der Waals surface area contributed by atoms with Crippen molar-refractivity contribution in [3.05, 3.63) is 75.9 Å². The van der Waals surface area contributed by atoms with Crippen LogP contribution in [0, 0.1) is 29.6 Å². The van der Waals surface area contributed by atoms with Gasteiger partial charge in [0.15, 0.2) is 0 Å². The first-order valence-electron chi connectivity index (χ1n) is 8.75. The second-order valence-corrected chi connectivity index (χ2v) is 6.98. The molecule has 1 aliphatic rings. The van der Waals surface area contributed by atoms with E-state index in [2.05, 4.69) is 16.3 Å². The van der Waals surface area contributed by atoms with Gasteiger partial charge in [0, 0.05) is 27.8 Å². The van der Waals surface area contributed by atoms with E-state index in [0.29, 0.717) is 23.3 Å². The van der Waals surface area contributed by atoms with Gasteiger partial charge in [-0.1, -0.05) is 41.9 Å². The minimum Gasteiger partial charge on any atom is -0.489 e. The molecule has 140 valence electrons. The molecule has 2 heterocycles. The van der Waals surface area contributed by atoms with E-state index >= 15 is 0 Å². The van der Waals surface area contributed by atoms with Crippen LogP contribution in [0.3, 0.4) is 0 Å². The van der Waals surface area contributed by atoms with Crippen LogP contribution in [-0.2, 0) is 6.61 Å². The van der Waals surface area contributed by atoms with Crippen LogP contribution in [0.1, 0.15) is 28.3 Å². The van der Waals surface area contributed by atoms with Crippen molar-refractivity contribution in [1.29, 1.82) is 10.7 Å². The van der Waals surface area contributed by atoms with Crippen LogP contribution in [0.5, 0.6) is 11.6 Å². The zero-order chi connectivity index (χ0) is 19.7. The minimum atomic E-state index is -0.734. The Balaban J connectivity index is 1.67. The number of hydrogen-bond acceptors (Lipinski definition) is 5. The monoisotopic (exact) mass is 392 g/mol. The van der Waals surface area contributed by atoms with Crippen LogP contribution in [0.2, 0.25) is 5.02 Å². The van der Waals surface area contributed by atoms with Gasteiger partial charge >= 0.3 is 0 Å². The Bertz CT molecular complexity index is 1090. The molecule has 0 aliphatic carbocycles. The lowest BCUT2D eigenvalue weighted by Gasteiger charge is -2.28. The molecule has 4 rings (SSSR count). The number of fused-ring (bicyclic) bond motifs is 1. The summed E-state index contributed by atoms with van der Waals surface area (Å²) in [6.45, 7) is 2.22. The molecule has 7 heteroatoms. The third-order valence-corrected chi connectivity index (χ3v) is 5.17. The highest BCUT2D eigenvalue weighted by atomic mass is 35.5. The summed E-state index contributed by atoms with van der Waals surface area (Å²) in [4.78, 5) is 0. The molecule has 2 aromatic carbocycles. The van der Waals surface area contributed by atoms with E-state index in [9.17, 15) is 5.26 Å². The number of benzene rings is 2. The van der Waals surface area contributed by atoms with E-state index < -0.39 is 5.92 Å². The zero-order valence-corrected chi connectivity index (χ0v) is 15.8. The average molecular weight is 393 g/mol. The maximum atomic E-state index is 9.65. The highest BCUT2D eigenvalue weighted by Crippen LogP contribution is 2.43. The number of aromatic nitrogens is 2. The van der Waals surface area contributed by atoms with Gasteiger partial charge in [-0.25, -0.2) is 0 Å². The Morgan fingerprint density at radius 1 is 1.29 bits per heavy atom. The van der Waals surface area contributed by atoms with Gasteiger partial charge in [0.25, 0.3) is 0 Å². The highest BCUT2D eigenvalue weighted by molar-refractivity contribution is 6.31. The van der Waals surface area contributed by atoms with Crippen LogP contribution in [0.25, 0.3) is 0 Å². The van der Waals surface area contributed by atoms with E-state index in [1.54, 1.807) is 0 Å². The van der Waals surface area contributed by atoms with E-state index in [-0.39, 0.29) is 11.8 Å². The van der Waals surface area contributed by atoms with Gasteiger partial charge < -0.3 is 9.47 Å². The standard InChI is InChI=1S/C21H17ClN4O2/c1-12-18-19(16(10-23)20(24)28-21(18)26-25-12)13-6-4-7-15(9-13)27-11-14-5-2-3-8-17(14)22/h2-9,16,19,24H,11H2,1H3,(H,25,26). The molecule has 6 nitrogen and oxygen atoms in total. The maximum absolute atomic E-state index is 9.65. The molecule has 0 amide bonds. The summed E-state index contributed by atoms with van der Waals surface area (Å²) >= 11 is 6.19. The molecule has 2 unspecified atom stereocenters. The quantitative estimate of drug-likeness (QED) is 0.678. The van der Waals surface area contributed by atoms with E-state index in [0.717, 1.165) is 22.4 Å². The molecular formula is C21H17ClN4O2. The lowest BCUT2D eigenvalue weighted by Crippen LogP contribution is -2.31. The third-order valence-electron chi connectivity index (χ3n) is 4.80. The Morgan fingerprint density at radius 2 is 2.11 bits per heavy atom. The number of hydrogen-bond donors (Lipinski definition) is 2. The molecule has 0 radical (unpaired) electrons. The molecule has 3 aromatic rings. The van der Waals surface area contributed by atoms with Gasteiger partial charge in [-0.3, -0.25) is 10.5 Å². The van der Waals surface area contributed by atoms with Crippen LogP contribution >= 0.6 is 11.6 Å². The van der Waals surface area contributed by atoms with Crippen molar-refractivity contribution in [1.82, 2.24) is 10.2 Å². The number of H-pyrrole nitrogens is 1. The second kappa shape index (κ2) is 7.37. The SMILES string of the molecule is Cc1[nH]nc2c1C(c1cccc(OCc3ccccc3Cl)c1)C(C#N)C(=N)O2. The van der Waals surface area contributed by atoms with Gasteiger partial charge in [0.2, 0.25) is 11.8 Å². The number of aryl methyl sites for hydroxylation is 1. The first-order chi connectivity index (χ1) is 13.6. The molecule has 0 fully saturated rings. The van der Waals surface area contributed by atoms with Crippen LogP contribution in [0.4, 0.5) is 0 Å². The second-order valence-electron chi connectivity index (χ2n) is 6.57. The molecular weight excluding hydrogens is 376 g/mol. The summed E-state index contributed by atoms with van der Waals surface area (Å²) in [6.07, 6.45) is 0. The molecule has 0 bridgehead atoms. The average Bonchev–Trinajstić information content (AvgIpc) is 3.06. The maximum Gasteiger partial charge on any atom is 0.243 e. The molecule has 28 heavy (non-hydrogen) atoms. The molecule has 0 saturated heterocycles. The molecule has 2 N–H and O–H groups in total. The number of aromatic amines is 1. The number of ether oxygens (including phenoxy) is 2. The Morgan fingerprint density at radius 3 is 2.89 bits per heavy atom. The Kier molecular flexibility index (Phi) is 4.76. The third kappa shape index (κ3) is 3.21. The summed E-state index contributed by atoms with van der Waals surface area (Å²) < 4.78 is 11.4. The number of nitriles is 1. The van der Waals surface area contributed by atoms with Gasteiger partial charge in [-0.2, -0.15) is 5.26 Å². The van der Waals surface area contributed by atoms with Gasteiger partial charge in [0.1, 0.15) is 18.3 Å².